The van der Waals surface area contributed by atoms with Crippen LogP contribution >= 0.6 is 11.6 Å². The number of para-hydroxylation sites is 1. The monoisotopic (exact) mass is 914 g/mol. The molecule has 6 N–H and O–H groups in total. The number of ether oxygens (including phenoxy) is 3. The van der Waals surface area contributed by atoms with Crippen molar-refractivity contribution in [2.24, 2.45) is 10.2 Å². The number of hydrogen-bond acceptors (Lipinski definition) is 11. The van der Waals surface area contributed by atoms with Gasteiger partial charge in [0.15, 0.2) is 0 Å². The molecule has 0 fully saturated rings. The molecule has 0 radical (unpaired) electrons. The Morgan fingerprint density at radius 1 is 0.846 bits per heavy atom. The molecule has 352 valence electrons. The molecule has 3 aromatic carbocycles. The van der Waals surface area contributed by atoms with Crippen molar-refractivity contribution < 1.29 is 34.0 Å². The Labute approximate surface area is 388 Å². The van der Waals surface area contributed by atoms with Crippen molar-refractivity contribution in [3.05, 3.63) is 126 Å². The topological polar surface area (TPSA) is 193 Å². The van der Waals surface area contributed by atoms with Crippen molar-refractivity contribution in [3.8, 4) is 5.69 Å². The molecule has 65 heavy (non-hydrogen) atoms. The summed E-state index contributed by atoms with van der Waals surface area (Å²) in [4.78, 5) is 25.6. The van der Waals surface area contributed by atoms with E-state index >= 15 is 0 Å². The van der Waals surface area contributed by atoms with Crippen molar-refractivity contribution in [3.63, 3.8) is 0 Å². The highest BCUT2D eigenvalue weighted by Crippen LogP contribution is 2.27. The molecule has 1 unspecified atom stereocenters. The number of unbranched alkanes of at least 4 members (excludes halogenated alkanes) is 5. The molecule has 4 rings (SSSR count). The van der Waals surface area contributed by atoms with Gasteiger partial charge in [0, 0.05) is 55.8 Å². The van der Waals surface area contributed by atoms with Crippen LogP contribution in [-0.2, 0) is 31.0 Å². The SMILES string of the molecule is C=C(N=Nc1ccc(C(O)NCCOCCOCCCCCCCl)cc1)/C(O)=C\COCCCCCC(=O)NCc1cccc(-n2nc(C(C)(C)C)cc2NC(=O)Nc2ccccc2)c1. The summed E-state index contributed by atoms with van der Waals surface area (Å²) in [7, 11) is 0. The van der Waals surface area contributed by atoms with E-state index in [4.69, 9.17) is 30.9 Å². The van der Waals surface area contributed by atoms with Crippen LogP contribution in [0.5, 0.6) is 0 Å². The van der Waals surface area contributed by atoms with Crippen molar-refractivity contribution in [1.82, 2.24) is 20.4 Å². The number of aliphatic hydroxyl groups excluding tert-OH is 2. The molecule has 0 aliphatic rings. The summed E-state index contributed by atoms with van der Waals surface area (Å²) in [6, 6.07) is 25.3. The first-order valence-corrected chi connectivity index (χ1v) is 22.9. The molecule has 15 nitrogen and oxygen atoms in total. The Kier molecular flexibility index (Phi) is 23.4. The quantitative estimate of drug-likeness (QED) is 0.00738. The molecule has 0 spiro atoms. The fourth-order valence-electron chi connectivity index (χ4n) is 6.18. The van der Waals surface area contributed by atoms with Crippen molar-refractivity contribution >= 4 is 40.7 Å². The number of nitrogens with one attached hydrogen (secondary N) is 4. The number of alkyl halides is 1. The van der Waals surface area contributed by atoms with Crippen molar-refractivity contribution in [2.45, 2.75) is 90.3 Å². The molecule has 1 atom stereocenters. The number of hydrogen-bond donors (Lipinski definition) is 6. The maximum absolute atomic E-state index is 12.9. The van der Waals surface area contributed by atoms with Gasteiger partial charge >= 0.3 is 6.03 Å². The minimum Gasteiger partial charge on any atom is -0.506 e. The standard InChI is InChI=1S/C49H67ClN8O7/c1-37(55-56-41-23-21-39(22-24-41)47(61)51-27-31-65-33-32-64-29-13-6-5-12-26-50)43(59)25-30-63-28-14-8-11-20-46(60)52-36-38-16-15-19-42(34-38)58-45(35-44(57-58)49(2,3)4)54-48(62)53-40-17-9-7-10-18-40/h7,9-10,15-19,21-25,34-35,47,51,59,61H,1,5-6,8,11-14,20,26-33,36H2,2-4H3,(H,52,60)(H2,53,54,62)/b43-25+,56-55?. The van der Waals surface area contributed by atoms with Gasteiger partial charge in [-0.15, -0.1) is 16.7 Å². The van der Waals surface area contributed by atoms with Crippen LogP contribution in [0.25, 0.3) is 5.69 Å². The normalized spacial score (nSPS) is 12.4. The number of aliphatic hydroxyl groups is 2. The van der Waals surface area contributed by atoms with Crippen LogP contribution in [0.15, 0.2) is 119 Å². The lowest BCUT2D eigenvalue weighted by Gasteiger charge is -2.14. The Morgan fingerprint density at radius 2 is 1.55 bits per heavy atom. The molecule has 0 aliphatic carbocycles. The van der Waals surface area contributed by atoms with Crippen molar-refractivity contribution in [2.75, 3.05) is 62.7 Å². The summed E-state index contributed by atoms with van der Waals surface area (Å²) in [5, 5.41) is 45.6. The number of benzene rings is 3. The number of aromatic nitrogens is 2. The number of urea groups is 1. The lowest BCUT2D eigenvalue weighted by atomic mass is 9.92. The van der Waals surface area contributed by atoms with E-state index in [1.165, 1.54) is 6.08 Å². The molecular weight excluding hydrogens is 848 g/mol. The van der Waals surface area contributed by atoms with E-state index in [0.29, 0.717) is 81.0 Å². The number of azo groups is 1. The minimum atomic E-state index is -0.865. The van der Waals surface area contributed by atoms with Crippen LogP contribution in [0.3, 0.4) is 0 Å². The highest BCUT2D eigenvalue weighted by Gasteiger charge is 2.22. The van der Waals surface area contributed by atoms with E-state index in [9.17, 15) is 19.8 Å². The molecule has 1 aromatic heterocycles. The number of carbonyl (C=O) groups is 2. The fraction of sp³-hybridized carbons (Fsp3) is 0.449. The van der Waals surface area contributed by atoms with Gasteiger partial charge in [0.2, 0.25) is 5.91 Å². The van der Waals surface area contributed by atoms with Gasteiger partial charge < -0.3 is 35.1 Å². The number of amides is 3. The van der Waals surface area contributed by atoms with Crippen LogP contribution < -0.4 is 21.3 Å². The molecule has 0 bridgehead atoms. The molecule has 16 heteroatoms. The average molecular weight is 916 g/mol. The lowest BCUT2D eigenvalue weighted by Crippen LogP contribution is -2.25. The number of rotatable bonds is 30. The predicted molar refractivity (Wildman–Crippen MR) is 257 cm³/mol. The third kappa shape index (κ3) is 20.5. The van der Waals surface area contributed by atoms with Crippen LogP contribution in [0.2, 0.25) is 0 Å². The molecule has 0 saturated heterocycles. The summed E-state index contributed by atoms with van der Waals surface area (Å²) in [5.74, 6) is 1.05. The van der Waals surface area contributed by atoms with Gasteiger partial charge in [0.25, 0.3) is 0 Å². The van der Waals surface area contributed by atoms with Gasteiger partial charge in [-0.2, -0.15) is 10.2 Å². The summed E-state index contributed by atoms with van der Waals surface area (Å²) in [6.07, 6.45) is 7.59. The zero-order valence-corrected chi connectivity index (χ0v) is 38.8. The molecule has 0 aliphatic heterocycles. The van der Waals surface area contributed by atoms with E-state index in [-0.39, 0.29) is 35.4 Å². The summed E-state index contributed by atoms with van der Waals surface area (Å²) >= 11 is 5.68. The lowest BCUT2D eigenvalue weighted by molar-refractivity contribution is -0.121. The zero-order chi connectivity index (χ0) is 46.7. The van der Waals surface area contributed by atoms with Crippen LogP contribution in [-0.4, -0.2) is 84.0 Å². The van der Waals surface area contributed by atoms with E-state index in [0.717, 1.165) is 62.1 Å². The Morgan fingerprint density at radius 3 is 2.29 bits per heavy atom. The predicted octanol–water partition coefficient (Wildman–Crippen LogP) is 10.2. The van der Waals surface area contributed by atoms with Gasteiger partial charge in [-0.05, 0) is 79.3 Å². The Balaban J connectivity index is 1.07. The van der Waals surface area contributed by atoms with Crippen LogP contribution in [0.4, 0.5) is 22.0 Å². The maximum Gasteiger partial charge on any atom is 0.324 e. The minimum absolute atomic E-state index is 0.0497. The summed E-state index contributed by atoms with van der Waals surface area (Å²) < 4.78 is 18.5. The van der Waals surface area contributed by atoms with E-state index in [2.05, 4.69) is 58.8 Å². The molecule has 3 amide bonds. The second kappa shape index (κ2) is 29.2. The number of halogens is 1. The van der Waals surface area contributed by atoms with Gasteiger partial charge in [-0.3, -0.25) is 15.4 Å². The van der Waals surface area contributed by atoms with E-state index in [1.807, 2.05) is 60.7 Å². The van der Waals surface area contributed by atoms with Gasteiger partial charge in [0.1, 0.15) is 23.5 Å². The van der Waals surface area contributed by atoms with Crippen LogP contribution in [0.1, 0.15) is 95.2 Å². The third-order valence-corrected chi connectivity index (χ3v) is 10.2. The average Bonchev–Trinajstić information content (AvgIpc) is 3.73. The van der Waals surface area contributed by atoms with Gasteiger partial charge in [-0.1, -0.05) is 89.1 Å². The maximum atomic E-state index is 12.9. The summed E-state index contributed by atoms with van der Waals surface area (Å²) in [6.45, 7) is 13.6. The van der Waals surface area contributed by atoms with E-state index < -0.39 is 6.23 Å². The highest BCUT2D eigenvalue weighted by molar-refractivity contribution is 6.17. The van der Waals surface area contributed by atoms with Crippen molar-refractivity contribution in [1.29, 1.82) is 0 Å². The molecule has 0 saturated carbocycles. The first-order valence-electron chi connectivity index (χ1n) is 22.3. The highest BCUT2D eigenvalue weighted by atomic mass is 35.5. The Hall–Kier alpha value is -5.42. The number of anilines is 2. The second-order valence-corrected chi connectivity index (χ2v) is 16.7. The number of carbonyl (C=O) groups excluding carboxylic acids is 2. The van der Waals surface area contributed by atoms with Gasteiger partial charge in [-0.25, -0.2) is 9.48 Å². The first-order chi connectivity index (χ1) is 31.4. The fourth-order valence-corrected chi connectivity index (χ4v) is 6.37. The third-order valence-electron chi connectivity index (χ3n) is 9.90. The second-order valence-electron chi connectivity index (χ2n) is 16.4. The molecule has 4 aromatic rings. The first kappa shape index (κ1) is 52.2. The number of nitrogens with zero attached hydrogens (tertiary/aromatic N) is 4. The zero-order valence-electron chi connectivity index (χ0n) is 38.1. The van der Waals surface area contributed by atoms with Gasteiger partial charge in [0.05, 0.1) is 43.5 Å². The molecule has 1 heterocycles. The largest absolute Gasteiger partial charge is 0.506 e. The molecular formula is C49H67ClN8O7. The summed E-state index contributed by atoms with van der Waals surface area (Å²) in [5.41, 5.74) is 4.18. The Bertz CT molecular complexity index is 2090. The smallest absolute Gasteiger partial charge is 0.324 e. The van der Waals surface area contributed by atoms with E-state index in [1.54, 1.807) is 28.9 Å². The van der Waals surface area contributed by atoms with Crippen LogP contribution in [0, 0.1) is 0 Å².